The van der Waals surface area contributed by atoms with Crippen molar-refractivity contribution in [3.63, 3.8) is 0 Å². The first-order valence-electron chi connectivity index (χ1n) is 9.69. The fraction of sp³-hybridized carbons (Fsp3) is 0.318. The highest BCUT2D eigenvalue weighted by atomic mass is 19.3. The highest BCUT2D eigenvalue weighted by Crippen LogP contribution is 2.30. The molecule has 8 heteroatoms. The number of carbonyl (C=O) groups excluding carboxylic acids is 1. The van der Waals surface area contributed by atoms with Crippen LogP contribution in [0.3, 0.4) is 0 Å². The molecule has 1 fully saturated rings. The molecule has 0 aromatic heterocycles. The van der Waals surface area contributed by atoms with Gasteiger partial charge in [0.05, 0.1) is 31.2 Å². The van der Waals surface area contributed by atoms with E-state index >= 15 is 0 Å². The van der Waals surface area contributed by atoms with E-state index in [0.717, 1.165) is 18.8 Å². The van der Waals surface area contributed by atoms with Crippen LogP contribution >= 0.6 is 0 Å². The number of hydrogen-bond acceptors (Lipinski definition) is 5. The first-order valence-corrected chi connectivity index (χ1v) is 9.69. The third kappa shape index (κ3) is 5.93. The van der Waals surface area contributed by atoms with Gasteiger partial charge in [-0.25, -0.2) is 0 Å². The first-order chi connectivity index (χ1) is 14.6. The summed E-state index contributed by atoms with van der Waals surface area (Å²) in [5, 5.41) is 2.89. The number of nitrogens with zero attached hydrogens (tertiary/aromatic N) is 1. The number of amides is 1. The van der Waals surface area contributed by atoms with E-state index in [1.54, 1.807) is 25.1 Å². The predicted octanol–water partition coefficient (Wildman–Crippen LogP) is 4.18. The Kier molecular flexibility index (Phi) is 7.62. The number of anilines is 2. The molecule has 0 spiro atoms. The summed E-state index contributed by atoms with van der Waals surface area (Å²) in [7, 11) is 0. The normalized spacial score (nSPS) is 14.2. The second-order valence-electron chi connectivity index (χ2n) is 6.46. The predicted molar refractivity (Wildman–Crippen MR) is 111 cm³/mol. The Morgan fingerprint density at radius 1 is 1.20 bits per heavy atom. The number of rotatable bonds is 8. The van der Waals surface area contributed by atoms with Crippen molar-refractivity contribution in [2.45, 2.75) is 13.5 Å². The number of alkyl halides is 2. The van der Waals surface area contributed by atoms with Gasteiger partial charge in [0, 0.05) is 19.2 Å². The average molecular weight is 418 g/mol. The maximum atomic E-state index is 12.5. The van der Waals surface area contributed by atoms with Crippen LogP contribution < -0.4 is 19.7 Å². The topological polar surface area (TPSA) is 60.0 Å². The van der Waals surface area contributed by atoms with Crippen LogP contribution in [0.25, 0.3) is 6.08 Å². The fourth-order valence-electron chi connectivity index (χ4n) is 3.10. The summed E-state index contributed by atoms with van der Waals surface area (Å²) in [5.74, 6) is -0.160. The van der Waals surface area contributed by atoms with E-state index < -0.39 is 6.61 Å². The van der Waals surface area contributed by atoms with E-state index in [1.165, 1.54) is 12.1 Å². The minimum Gasteiger partial charge on any atom is -0.490 e. The highest BCUT2D eigenvalue weighted by molar-refractivity contribution is 6.03. The molecule has 0 bridgehead atoms. The molecule has 160 valence electrons. The van der Waals surface area contributed by atoms with E-state index in [9.17, 15) is 13.6 Å². The lowest BCUT2D eigenvalue weighted by atomic mass is 10.2. The lowest BCUT2D eigenvalue weighted by Crippen LogP contribution is -2.36. The van der Waals surface area contributed by atoms with E-state index in [4.69, 9.17) is 9.47 Å². The van der Waals surface area contributed by atoms with E-state index in [1.807, 2.05) is 24.3 Å². The zero-order valence-corrected chi connectivity index (χ0v) is 16.6. The Hall–Kier alpha value is -3.13. The van der Waals surface area contributed by atoms with Gasteiger partial charge in [-0.2, -0.15) is 8.78 Å². The standard InChI is InChI=1S/C22H24F2N2O4/c1-2-29-20-15-16(7-9-19(20)30-22(23)24)8-10-21(27)25-17-5-3-4-6-18(17)26-11-13-28-14-12-26/h3-10,15,22H,2,11-14H2,1H3,(H,25,27)/b10-8+. The summed E-state index contributed by atoms with van der Waals surface area (Å²) in [4.78, 5) is 14.6. The minimum atomic E-state index is -2.94. The van der Waals surface area contributed by atoms with E-state index in [0.29, 0.717) is 31.1 Å². The molecule has 6 nitrogen and oxygen atoms in total. The Morgan fingerprint density at radius 2 is 1.97 bits per heavy atom. The molecule has 1 aliphatic rings. The van der Waals surface area contributed by atoms with Gasteiger partial charge in [0.15, 0.2) is 11.5 Å². The summed E-state index contributed by atoms with van der Waals surface area (Å²) < 4.78 is 40.2. The number of para-hydroxylation sites is 2. The van der Waals surface area contributed by atoms with Gasteiger partial charge >= 0.3 is 6.61 Å². The molecule has 0 aliphatic carbocycles. The Labute approximate surface area is 174 Å². The van der Waals surface area contributed by atoms with Crippen LogP contribution in [0.5, 0.6) is 11.5 Å². The Balaban J connectivity index is 1.70. The van der Waals surface area contributed by atoms with E-state index in [2.05, 4.69) is 15.0 Å². The zero-order chi connectivity index (χ0) is 21.3. The van der Waals surface area contributed by atoms with Gasteiger partial charge in [0.25, 0.3) is 0 Å². The maximum absolute atomic E-state index is 12.5. The molecule has 1 heterocycles. The van der Waals surface area contributed by atoms with Crippen molar-refractivity contribution >= 4 is 23.4 Å². The average Bonchev–Trinajstić information content (AvgIpc) is 2.75. The molecular formula is C22H24F2N2O4. The number of nitrogens with one attached hydrogen (secondary N) is 1. The third-order valence-corrected chi connectivity index (χ3v) is 4.42. The van der Waals surface area contributed by atoms with Crippen LogP contribution in [0.15, 0.2) is 48.5 Å². The minimum absolute atomic E-state index is 0.0482. The molecule has 0 saturated carbocycles. The molecule has 0 unspecified atom stereocenters. The number of hydrogen-bond donors (Lipinski definition) is 1. The maximum Gasteiger partial charge on any atom is 0.387 e. The van der Waals surface area contributed by atoms with Gasteiger partial charge in [0.2, 0.25) is 5.91 Å². The molecule has 0 atom stereocenters. The zero-order valence-electron chi connectivity index (χ0n) is 16.6. The third-order valence-electron chi connectivity index (χ3n) is 4.42. The quantitative estimate of drug-likeness (QED) is 0.652. The molecular weight excluding hydrogens is 394 g/mol. The van der Waals surface area contributed by atoms with E-state index in [-0.39, 0.29) is 17.4 Å². The Morgan fingerprint density at radius 3 is 2.70 bits per heavy atom. The van der Waals surface area contributed by atoms with Crippen molar-refractivity contribution in [1.82, 2.24) is 0 Å². The highest BCUT2D eigenvalue weighted by Gasteiger charge is 2.15. The van der Waals surface area contributed by atoms with Crippen molar-refractivity contribution in [2.75, 3.05) is 43.1 Å². The number of halogens is 2. The van der Waals surface area contributed by atoms with Gasteiger partial charge in [-0.15, -0.1) is 0 Å². The number of benzene rings is 2. The number of ether oxygens (including phenoxy) is 3. The fourth-order valence-corrected chi connectivity index (χ4v) is 3.10. The summed E-state index contributed by atoms with van der Waals surface area (Å²) in [6, 6.07) is 12.1. The van der Waals surface area contributed by atoms with Crippen molar-refractivity contribution < 1.29 is 27.8 Å². The molecule has 1 aliphatic heterocycles. The Bertz CT molecular complexity index is 883. The molecule has 1 saturated heterocycles. The molecule has 1 amide bonds. The molecule has 2 aromatic carbocycles. The monoisotopic (exact) mass is 418 g/mol. The van der Waals surface area contributed by atoms with Gasteiger partial charge in [-0.1, -0.05) is 18.2 Å². The summed E-state index contributed by atoms with van der Waals surface area (Å²) in [6.45, 7) is 1.92. The van der Waals surface area contributed by atoms with Gasteiger partial charge < -0.3 is 24.4 Å². The van der Waals surface area contributed by atoms with Gasteiger partial charge in [-0.3, -0.25) is 4.79 Å². The van der Waals surface area contributed by atoms with Crippen molar-refractivity contribution in [2.24, 2.45) is 0 Å². The SMILES string of the molecule is CCOc1cc(/C=C/C(=O)Nc2ccccc2N2CCOCC2)ccc1OC(F)F. The molecule has 1 N–H and O–H groups in total. The van der Waals surface area contributed by atoms with Gasteiger partial charge in [0.1, 0.15) is 0 Å². The summed E-state index contributed by atoms with van der Waals surface area (Å²) in [5.41, 5.74) is 2.27. The summed E-state index contributed by atoms with van der Waals surface area (Å²) in [6.07, 6.45) is 2.97. The van der Waals surface area contributed by atoms with Crippen LogP contribution in [0.4, 0.5) is 20.2 Å². The molecule has 2 aromatic rings. The van der Waals surface area contributed by atoms with Crippen molar-refractivity contribution in [1.29, 1.82) is 0 Å². The second kappa shape index (κ2) is 10.6. The first kappa shape index (κ1) is 21.6. The van der Waals surface area contributed by atoms with Crippen LogP contribution in [0, 0.1) is 0 Å². The van der Waals surface area contributed by atoms with Crippen LogP contribution in [-0.4, -0.2) is 45.4 Å². The second-order valence-corrected chi connectivity index (χ2v) is 6.46. The summed E-state index contributed by atoms with van der Waals surface area (Å²) >= 11 is 0. The molecule has 0 radical (unpaired) electrons. The largest absolute Gasteiger partial charge is 0.490 e. The number of morpholine rings is 1. The van der Waals surface area contributed by atoms with Crippen LogP contribution in [-0.2, 0) is 9.53 Å². The van der Waals surface area contributed by atoms with Crippen LogP contribution in [0.1, 0.15) is 12.5 Å². The van der Waals surface area contributed by atoms with Crippen molar-refractivity contribution in [3.05, 3.63) is 54.1 Å². The van der Waals surface area contributed by atoms with Crippen molar-refractivity contribution in [3.8, 4) is 11.5 Å². The lowest BCUT2D eigenvalue weighted by Gasteiger charge is -2.30. The number of carbonyl (C=O) groups is 1. The lowest BCUT2D eigenvalue weighted by molar-refractivity contribution is -0.111. The van der Waals surface area contributed by atoms with Crippen LogP contribution in [0.2, 0.25) is 0 Å². The van der Waals surface area contributed by atoms with Gasteiger partial charge in [-0.05, 0) is 42.8 Å². The molecule has 3 rings (SSSR count). The molecule has 30 heavy (non-hydrogen) atoms. The smallest absolute Gasteiger partial charge is 0.387 e.